The number of hydrogen-bond donors (Lipinski definition) is 3. The van der Waals surface area contributed by atoms with Gasteiger partial charge in [-0.2, -0.15) is 5.10 Å². The molecular weight excluding hydrogens is 206 g/mol. The Labute approximate surface area is 94.4 Å². The predicted octanol–water partition coefficient (Wildman–Crippen LogP) is -0.425. The minimum absolute atomic E-state index is 0.0170. The number of carbonyl (C=O) groups is 1. The summed E-state index contributed by atoms with van der Waals surface area (Å²) < 4.78 is 1.87. The minimum Gasteiger partial charge on any atom is -0.319 e. The van der Waals surface area contributed by atoms with E-state index < -0.39 is 0 Å². The molecule has 0 saturated carbocycles. The molecule has 6 nitrogen and oxygen atoms in total. The first-order chi connectivity index (χ1) is 7.81. The molecule has 1 aliphatic rings. The van der Waals surface area contributed by atoms with Crippen LogP contribution in [0, 0.1) is 0 Å². The van der Waals surface area contributed by atoms with E-state index in [1.165, 1.54) is 0 Å². The highest BCUT2D eigenvalue weighted by Crippen LogP contribution is 2.17. The summed E-state index contributed by atoms with van der Waals surface area (Å²) in [6.07, 6.45) is 2.19. The fourth-order valence-corrected chi connectivity index (χ4v) is 1.59. The van der Waals surface area contributed by atoms with Crippen molar-refractivity contribution in [3.8, 4) is 0 Å². The van der Waals surface area contributed by atoms with Gasteiger partial charge < -0.3 is 16.0 Å². The average Bonchev–Trinajstić information content (AvgIpc) is 2.61. The summed E-state index contributed by atoms with van der Waals surface area (Å²) in [6.45, 7) is 2.52. The molecule has 88 valence electrons. The lowest BCUT2D eigenvalue weighted by Crippen LogP contribution is -2.44. The molecule has 0 aromatic carbocycles. The topological polar surface area (TPSA) is 71.0 Å². The van der Waals surface area contributed by atoms with Gasteiger partial charge in [0, 0.05) is 32.1 Å². The number of nitrogens with zero attached hydrogens (tertiary/aromatic N) is 2. The Bertz CT molecular complexity index is 358. The largest absolute Gasteiger partial charge is 0.319 e. The smallest absolute Gasteiger partial charge is 0.226 e. The van der Waals surface area contributed by atoms with E-state index in [4.69, 9.17) is 0 Å². The highest BCUT2D eigenvalue weighted by atomic mass is 16.1. The van der Waals surface area contributed by atoms with Crippen LogP contribution < -0.4 is 16.0 Å². The van der Waals surface area contributed by atoms with Crippen molar-refractivity contribution in [2.75, 3.05) is 32.0 Å². The van der Waals surface area contributed by atoms with Crippen LogP contribution in [0.1, 0.15) is 12.5 Å². The van der Waals surface area contributed by atoms with E-state index in [1.807, 2.05) is 17.8 Å². The molecule has 0 aliphatic carbocycles. The Hall–Kier alpha value is -1.40. The first-order valence-corrected chi connectivity index (χ1v) is 5.50. The first-order valence-electron chi connectivity index (χ1n) is 5.50. The fourth-order valence-electron chi connectivity index (χ4n) is 1.59. The number of anilines is 1. The molecule has 0 unspecified atom stereocenters. The second-order valence-corrected chi connectivity index (χ2v) is 3.87. The van der Waals surface area contributed by atoms with E-state index in [-0.39, 0.29) is 5.91 Å². The third-order valence-electron chi connectivity index (χ3n) is 2.65. The molecular formula is C10H17N5O. The summed E-state index contributed by atoms with van der Waals surface area (Å²) in [5.41, 5.74) is 0. The summed E-state index contributed by atoms with van der Waals surface area (Å²) in [6, 6.07) is 2.20. The predicted molar refractivity (Wildman–Crippen MR) is 61.3 cm³/mol. The Kier molecular flexibility index (Phi) is 3.53. The van der Waals surface area contributed by atoms with Gasteiger partial charge in [0.05, 0.1) is 12.2 Å². The summed E-state index contributed by atoms with van der Waals surface area (Å²) in [7, 11) is 1.83. The maximum absolute atomic E-state index is 11.5. The van der Waals surface area contributed by atoms with Crippen molar-refractivity contribution in [3.63, 3.8) is 0 Å². The number of hydrogen-bond acceptors (Lipinski definition) is 4. The Balaban J connectivity index is 1.93. The molecule has 0 radical (unpaired) electrons. The molecule has 2 heterocycles. The Morgan fingerprint density at radius 1 is 1.69 bits per heavy atom. The molecule has 1 aromatic rings. The third-order valence-corrected chi connectivity index (χ3v) is 2.65. The van der Waals surface area contributed by atoms with Crippen molar-refractivity contribution in [1.82, 2.24) is 20.4 Å². The second kappa shape index (κ2) is 5.09. The van der Waals surface area contributed by atoms with Crippen LogP contribution in [0.25, 0.3) is 0 Å². The maximum Gasteiger partial charge on any atom is 0.226 e. The van der Waals surface area contributed by atoms with Crippen molar-refractivity contribution in [1.29, 1.82) is 0 Å². The molecule has 1 fully saturated rings. The number of amides is 1. The van der Waals surface area contributed by atoms with Crippen LogP contribution in [0.15, 0.2) is 12.3 Å². The van der Waals surface area contributed by atoms with E-state index >= 15 is 0 Å². The van der Waals surface area contributed by atoms with Gasteiger partial charge in [0.25, 0.3) is 0 Å². The zero-order chi connectivity index (χ0) is 11.4. The monoisotopic (exact) mass is 223 g/mol. The standard InChI is InChI=1S/C10H17N5O/c1-11-4-3-10(16)14-9-2-5-13-15(9)8-6-12-7-8/h2,5,8,11-12H,3-4,6-7H2,1H3,(H,14,16). The molecule has 6 heteroatoms. The molecule has 3 N–H and O–H groups in total. The van der Waals surface area contributed by atoms with Crippen LogP contribution in [-0.2, 0) is 4.79 Å². The Morgan fingerprint density at radius 2 is 2.50 bits per heavy atom. The fraction of sp³-hybridized carbons (Fsp3) is 0.600. The van der Waals surface area contributed by atoms with Crippen LogP contribution in [0.5, 0.6) is 0 Å². The normalized spacial score (nSPS) is 15.8. The summed E-state index contributed by atoms with van der Waals surface area (Å²) in [4.78, 5) is 11.5. The van der Waals surface area contributed by atoms with Crippen molar-refractivity contribution in [2.24, 2.45) is 0 Å². The van der Waals surface area contributed by atoms with E-state index in [0.717, 1.165) is 18.9 Å². The zero-order valence-corrected chi connectivity index (χ0v) is 9.36. The van der Waals surface area contributed by atoms with E-state index in [1.54, 1.807) is 6.20 Å². The maximum atomic E-state index is 11.5. The van der Waals surface area contributed by atoms with Gasteiger partial charge in [-0.25, -0.2) is 4.68 Å². The molecule has 1 saturated heterocycles. The van der Waals surface area contributed by atoms with Crippen LogP contribution in [0.4, 0.5) is 5.82 Å². The van der Waals surface area contributed by atoms with Gasteiger partial charge in [-0.1, -0.05) is 0 Å². The SMILES string of the molecule is CNCCC(=O)Nc1ccnn1C1CNC1. The molecule has 1 aliphatic heterocycles. The van der Waals surface area contributed by atoms with Crippen LogP contribution in [0.2, 0.25) is 0 Å². The lowest BCUT2D eigenvalue weighted by molar-refractivity contribution is -0.116. The number of nitrogens with one attached hydrogen (secondary N) is 3. The molecule has 0 atom stereocenters. The van der Waals surface area contributed by atoms with Gasteiger partial charge >= 0.3 is 0 Å². The summed E-state index contributed by atoms with van der Waals surface area (Å²) in [5, 5.41) is 13.2. The van der Waals surface area contributed by atoms with Crippen molar-refractivity contribution in [2.45, 2.75) is 12.5 Å². The second-order valence-electron chi connectivity index (χ2n) is 3.87. The summed E-state index contributed by atoms with van der Waals surface area (Å²) >= 11 is 0. The van der Waals surface area contributed by atoms with E-state index in [2.05, 4.69) is 21.0 Å². The molecule has 16 heavy (non-hydrogen) atoms. The van der Waals surface area contributed by atoms with Crippen molar-refractivity contribution >= 4 is 11.7 Å². The van der Waals surface area contributed by atoms with E-state index in [0.29, 0.717) is 19.0 Å². The zero-order valence-electron chi connectivity index (χ0n) is 9.36. The van der Waals surface area contributed by atoms with Gasteiger partial charge in [0.2, 0.25) is 5.91 Å². The Morgan fingerprint density at radius 3 is 3.12 bits per heavy atom. The molecule has 1 amide bonds. The highest BCUT2D eigenvalue weighted by Gasteiger charge is 2.21. The van der Waals surface area contributed by atoms with Gasteiger partial charge in [-0.05, 0) is 7.05 Å². The minimum atomic E-state index is 0.0170. The number of aromatic nitrogens is 2. The average molecular weight is 223 g/mol. The number of rotatable bonds is 5. The molecule has 2 rings (SSSR count). The highest BCUT2D eigenvalue weighted by molar-refractivity contribution is 5.89. The third kappa shape index (κ3) is 2.40. The van der Waals surface area contributed by atoms with Crippen molar-refractivity contribution < 1.29 is 4.79 Å². The van der Waals surface area contributed by atoms with E-state index in [9.17, 15) is 4.79 Å². The van der Waals surface area contributed by atoms with Crippen LogP contribution in [-0.4, -0.2) is 42.4 Å². The van der Waals surface area contributed by atoms with Crippen LogP contribution in [0.3, 0.4) is 0 Å². The first kappa shape index (κ1) is 11.1. The molecule has 0 bridgehead atoms. The number of carbonyl (C=O) groups excluding carboxylic acids is 1. The lowest BCUT2D eigenvalue weighted by atomic mass is 10.2. The van der Waals surface area contributed by atoms with Gasteiger partial charge in [0.15, 0.2) is 0 Å². The quantitative estimate of drug-likeness (QED) is 0.634. The van der Waals surface area contributed by atoms with Crippen LogP contribution >= 0.6 is 0 Å². The van der Waals surface area contributed by atoms with Crippen molar-refractivity contribution in [3.05, 3.63) is 12.3 Å². The summed E-state index contributed by atoms with van der Waals surface area (Å²) in [5.74, 6) is 0.802. The molecule has 0 spiro atoms. The molecule has 1 aromatic heterocycles. The van der Waals surface area contributed by atoms with Gasteiger partial charge in [0.1, 0.15) is 5.82 Å². The lowest BCUT2D eigenvalue weighted by Gasteiger charge is -2.28. The van der Waals surface area contributed by atoms with Gasteiger partial charge in [-0.15, -0.1) is 0 Å². The van der Waals surface area contributed by atoms with Gasteiger partial charge in [-0.3, -0.25) is 4.79 Å².